The lowest BCUT2D eigenvalue weighted by molar-refractivity contribution is 0.0203. The second kappa shape index (κ2) is 12.2. The summed E-state index contributed by atoms with van der Waals surface area (Å²) in [6.45, 7) is 6.75. The van der Waals surface area contributed by atoms with E-state index in [2.05, 4.69) is 46.0 Å². The van der Waals surface area contributed by atoms with Gasteiger partial charge in [0.2, 0.25) is 0 Å². The van der Waals surface area contributed by atoms with E-state index in [4.69, 9.17) is 14.2 Å². The summed E-state index contributed by atoms with van der Waals surface area (Å²) in [5.74, 6) is 1.52. The van der Waals surface area contributed by atoms with Crippen LogP contribution >= 0.6 is 0 Å². The third kappa shape index (κ3) is 6.98. The zero-order valence-corrected chi connectivity index (χ0v) is 17.8. The summed E-state index contributed by atoms with van der Waals surface area (Å²) in [5.41, 5.74) is 1.48. The molecule has 2 aliphatic heterocycles. The highest BCUT2D eigenvalue weighted by Gasteiger charge is 2.34. The monoisotopic (exact) mass is 403 g/mol. The van der Waals surface area contributed by atoms with Crippen LogP contribution in [0.3, 0.4) is 0 Å². The summed E-state index contributed by atoms with van der Waals surface area (Å²) in [5, 5.41) is 6.97. The molecule has 0 aliphatic carbocycles. The molecule has 6 heteroatoms. The van der Waals surface area contributed by atoms with Crippen molar-refractivity contribution in [2.45, 2.75) is 37.5 Å². The van der Waals surface area contributed by atoms with Gasteiger partial charge in [0.05, 0.1) is 0 Å². The maximum atomic E-state index is 5.85. The van der Waals surface area contributed by atoms with Crippen LogP contribution in [0, 0.1) is 5.92 Å². The van der Waals surface area contributed by atoms with Crippen LogP contribution in [0.1, 0.15) is 37.7 Å². The van der Waals surface area contributed by atoms with Crippen LogP contribution in [0.15, 0.2) is 35.3 Å². The van der Waals surface area contributed by atoms with Crippen molar-refractivity contribution in [2.75, 3.05) is 59.8 Å². The fraction of sp³-hybridized carbons (Fsp3) is 0.696. The molecule has 0 saturated carbocycles. The minimum absolute atomic E-state index is 0.101. The van der Waals surface area contributed by atoms with Crippen molar-refractivity contribution in [2.24, 2.45) is 10.9 Å². The molecule has 6 nitrogen and oxygen atoms in total. The van der Waals surface area contributed by atoms with Gasteiger partial charge in [-0.1, -0.05) is 30.3 Å². The van der Waals surface area contributed by atoms with E-state index in [9.17, 15) is 0 Å². The van der Waals surface area contributed by atoms with Crippen molar-refractivity contribution in [1.29, 1.82) is 0 Å². The van der Waals surface area contributed by atoms with E-state index >= 15 is 0 Å². The average Bonchev–Trinajstić information content (AvgIpc) is 2.80. The van der Waals surface area contributed by atoms with Gasteiger partial charge in [0.25, 0.3) is 0 Å². The Labute approximate surface area is 175 Å². The van der Waals surface area contributed by atoms with Crippen molar-refractivity contribution in [1.82, 2.24) is 10.6 Å². The second-order valence-electron chi connectivity index (χ2n) is 8.10. The van der Waals surface area contributed by atoms with E-state index < -0.39 is 0 Å². The van der Waals surface area contributed by atoms with Crippen LogP contribution in [0.4, 0.5) is 0 Å². The average molecular weight is 404 g/mol. The van der Waals surface area contributed by atoms with Gasteiger partial charge in [0.15, 0.2) is 5.96 Å². The van der Waals surface area contributed by atoms with E-state index in [-0.39, 0.29) is 5.41 Å². The van der Waals surface area contributed by atoms with Gasteiger partial charge < -0.3 is 24.8 Å². The molecule has 1 aromatic carbocycles. The number of rotatable bonds is 9. The van der Waals surface area contributed by atoms with Crippen molar-refractivity contribution in [3.8, 4) is 0 Å². The van der Waals surface area contributed by atoms with Crippen LogP contribution in [0.2, 0.25) is 0 Å². The van der Waals surface area contributed by atoms with Crippen LogP contribution < -0.4 is 10.6 Å². The zero-order valence-electron chi connectivity index (χ0n) is 17.8. The predicted octanol–water partition coefficient (Wildman–Crippen LogP) is 2.73. The van der Waals surface area contributed by atoms with E-state index in [0.29, 0.717) is 5.92 Å². The molecule has 29 heavy (non-hydrogen) atoms. The highest BCUT2D eigenvalue weighted by molar-refractivity contribution is 5.79. The molecular formula is C23H37N3O3. The molecule has 0 unspecified atom stereocenters. The van der Waals surface area contributed by atoms with Crippen LogP contribution in [0.25, 0.3) is 0 Å². The summed E-state index contributed by atoms with van der Waals surface area (Å²) in [7, 11) is 1.83. The molecule has 2 heterocycles. The Morgan fingerprint density at radius 2 is 1.79 bits per heavy atom. The molecule has 2 aliphatic rings. The van der Waals surface area contributed by atoms with Crippen LogP contribution in [-0.2, 0) is 19.6 Å². The molecule has 2 fully saturated rings. The van der Waals surface area contributed by atoms with Gasteiger partial charge in [-0.2, -0.15) is 0 Å². The molecule has 162 valence electrons. The van der Waals surface area contributed by atoms with Gasteiger partial charge in [-0.15, -0.1) is 0 Å². The highest BCUT2D eigenvalue weighted by atomic mass is 16.5. The number of guanidine groups is 1. The molecule has 0 spiro atoms. The minimum atomic E-state index is 0.101. The topological polar surface area (TPSA) is 64.1 Å². The molecule has 2 N–H and O–H groups in total. The molecule has 0 atom stereocenters. The SMILES string of the molecule is CN=C(NCCCOCC1CCOCC1)NCC1(c2ccccc2)CCOCC1. The summed E-state index contributed by atoms with van der Waals surface area (Å²) < 4.78 is 16.9. The minimum Gasteiger partial charge on any atom is -0.381 e. The molecule has 1 aromatic rings. The molecule has 2 saturated heterocycles. The van der Waals surface area contributed by atoms with Gasteiger partial charge >= 0.3 is 0 Å². The number of ether oxygens (including phenoxy) is 3. The molecule has 0 amide bonds. The van der Waals surface area contributed by atoms with Gasteiger partial charge in [-0.3, -0.25) is 4.99 Å². The quantitative estimate of drug-likeness (QED) is 0.377. The smallest absolute Gasteiger partial charge is 0.191 e. The Kier molecular flexibility index (Phi) is 9.25. The molecular weight excluding hydrogens is 366 g/mol. The Balaban J connectivity index is 1.37. The standard InChI is InChI=1S/C23H37N3O3/c1-24-22(25-12-5-13-29-18-20-8-14-27-15-9-20)26-19-23(10-16-28-17-11-23)21-6-3-2-4-7-21/h2-4,6-7,20H,5,8-19H2,1H3,(H2,24,25,26). The van der Waals surface area contributed by atoms with Gasteiger partial charge in [-0.25, -0.2) is 0 Å². The molecule has 0 aromatic heterocycles. The maximum Gasteiger partial charge on any atom is 0.191 e. The van der Waals surface area contributed by atoms with Gasteiger partial charge in [0, 0.05) is 65.2 Å². The third-order valence-electron chi connectivity index (χ3n) is 6.11. The fourth-order valence-corrected chi connectivity index (χ4v) is 4.14. The first-order chi connectivity index (χ1) is 14.3. The fourth-order valence-electron chi connectivity index (χ4n) is 4.14. The second-order valence-corrected chi connectivity index (χ2v) is 8.10. The lowest BCUT2D eigenvalue weighted by Crippen LogP contribution is -2.48. The summed E-state index contributed by atoms with van der Waals surface area (Å²) in [4.78, 5) is 4.40. The first kappa shape index (κ1) is 22.1. The Bertz CT molecular complexity index is 597. The first-order valence-electron chi connectivity index (χ1n) is 11.1. The normalized spacial score (nSPS) is 20.4. The van der Waals surface area contributed by atoms with Crippen molar-refractivity contribution in [3.63, 3.8) is 0 Å². The third-order valence-corrected chi connectivity index (χ3v) is 6.11. The Morgan fingerprint density at radius 3 is 2.52 bits per heavy atom. The van der Waals surface area contributed by atoms with Crippen molar-refractivity contribution < 1.29 is 14.2 Å². The van der Waals surface area contributed by atoms with Crippen molar-refractivity contribution in [3.05, 3.63) is 35.9 Å². The van der Waals surface area contributed by atoms with E-state index in [0.717, 1.165) is 90.8 Å². The van der Waals surface area contributed by atoms with Crippen molar-refractivity contribution >= 4 is 5.96 Å². The number of aliphatic imine (C=N–C) groups is 1. The number of hydrogen-bond donors (Lipinski definition) is 2. The maximum absolute atomic E-state index is 5.85. The highest BCUT2D eigenvalue weighted by Crippen LogP contribution is 2.34. The van der Waals surface area contributed by atoms with E-state index in [1.807, 2.05) is 7.05 Å². The van der Waals surface area contributed by atoms with Gasteiger partial charge in [0.1, 0.15) is 0 Å². The summed E-state index contributed by atoms with van der Waals surface area (Å²) in [6, 6.07) is 10.8. The van der Waals surface area contributed by atoms with E-state index in [1.54, 1.807) is 0 Å². The summed E-state index contributed by atoms with van der Waals surface area (Å²) in [6.07, 6.45) is 5.29. The largest absolute Gasteiger partial charge is 0.381 e. The molecule has 0 radical (unpaired) electrons. The lowest BCUT2D eigenvalue weighted by atomic mass is 9.74. The van der Waals surface area contributed by atoms with Crippen LogP contribution in [-0.4, -0.2) is 65.7 Å². The summed E-state index contributed by atoms with van der Waals surface area (Å²) >= 11 is 0. The molecule has 0 bridgehead atoms. The number of benzene rings is 1. The van der Waals surface area contributed by atoms with Crippen LogP contribution in [0.5, 0.6) is 0 Å². The first-order valence-corrected chi connectivity index (χ1v) is 11.1. The number of nitrogens with zero attached hydrogens (tertiary/aromatic N) is 1. The zero-order chi connectivity index (χ0) is 20.2. The number of nitrogens with one attached hydrogen (secondary N) is 2. The Hall–Kier alpha value is -1.63. The Morgan fingerprint density at radius 1 is 1.07 bits per heavy atom. The number of hydrogen-bond acceptors (Lipinski definition) is 4. The van der Waals surface area contributed by atoms with Gasteiger partial charge in [-0.05, 0) is 43.6 Å². The lowest BCUT2D eigenvalue weighted by Gasteiger charge is -2.38. The predicted molar refractivity (Wildman–Crippen MR) is 117 cm³/mol. The van der Waals surface area contributed by atoms with E-state index in [1.165, 1.54) is 5.56 Å². The molecule has 3 rings (SSSR count).